The van der Waals surface area contributed by atoms with Crippen LogP contribution in [0.2, 0.25) is 30.8 Å². The van der Waals surface area contributed by atoms with E-state index in [1.165, 1.54) is 18.2 Å². The number of rotatable bonds is 6. The fraction of sp³-hybridized carbons (Fsp3) is 0.300. The third-order valence-electron chi connectivity index (χ3n) is 4.35. The van der Waals surface area contributed by atoms with Crippen molar-refractivity contribution >= 4 is 30.6 Å². The molecule has 0 aliphatic heterocycles. The average molecular weight is 402 g/mol. The van der Waals surface area contributed by atoms with Crippen LogP contribution in [0.5, 0.6) is 0 Å². The molecule has 1 aromatic carbocycles. The van der Waals surface area contributed by atoms with Gasteiger partial charge in [0.1, 0.15) is 17.7 Å². The molecular formula is C20H21ClFN3OSi. The van der Waals surface area contributed by atoms with Gasteiger partial charge in [0.25, 0.3) is 0 Å². The van der Waals surface area contributed by atoms with Crippen molar-refractivity contribution in [1.29, 1.82) is 5.26 Å². The van der Waals surface area contributed by atoms with Gasteiger partial charge in [0, 0.05) is 31.8 Å². The lowest BCUT2D eigenvalue weighted by atomic mass is 10.1. The fourth-order valence-corrected chi connectivity index (χ4v) is 3.76. The van der Waals surface area contributed by atoms with Crippen molar-refractivity contribution in [2.45, 2.75) is 32.4 Å². The molecular weight excluding hydrogens is 381 g/mol. The predicted octanol–water partition coefficient (Wildman–Crippen LogP) is 5.68. The molecule has 0 aliphatic rings. The molecule has 0 radical (unpaired) electrons. The molecule has 0 fully saturated rings. The van der Waals surface area contributed by atoms with E-state index in [0.29, 0.717) is 35.3 Å². The van der Waals surface area contributed by atoms with E-state index in [2.05, 4.69) is 30.7 Å². The van der Waals surface area contributed by atoms with Crippen LogP contribution in [0, 0.1) is 17.1 Å². The molecule has 7 heteroatoms. The number of nitriles is 1. The van der Waals surface area contributed by atoms with Gasteiger partial charge in [0.05, 0.1) is 22.8 Å². The Morgan fingerprint density at radius 2 is 2.04 bits per heavy atom. The average Bonchev–Trinajstić information content (AvgIpc) is 2.95. The summed E-state index contributed by atoms with van der Waals surface area (Å²) >= 11 is 6.08. The molecule has 0 N–H and O–H groups in total. The van der Waals surface area contributed by atoms with Gasteiger partial charge in [0.15, 0.2) is 0 Å². The van der Waals surface area contributed by atoms with Gasteiger partial charge in [-0.05, 0) is 36.4 Å². The highest BCUT2D eigenvalue weighted by Crippen LogP contribution is 2.31. The molecule has 0 unspecified atom stereocenters. The molecule has 2 aromatic heterocycles. The minimum absolute atomic E-state index is 0.297. The lowest BCUT2D eigenvalue weighted by molar-refractivity contribution is 0.0912. The SMILES string of the molecule is C[Si](C)(C)CCOCn1c(-c2cc(F)ccc2C#N)cc2cnc(Cl)cc21. The third kappa shape index (κ3) is 4.56. The lowest BCUT2D eigenvalue weighted by Crippen LogP contribution is -2.22. The van der Waals surface area contributed by atoms with Crippen molar-refractivity contribution in [1.82, 2.24) is 9.55 Å². The highest BCUT2D eigenvalue weighted by atomic mass is 35.5. The number of nitrogens with zero attached hydrogens (tertiary/aromatic N) is 3. The van der Waals surface area contributed by atoms with Crippen molar-refractivity contribution in [2.24, 2.45) is 0 Å². The Labute approximate surface area is 164 Å². The van der Waals surface area contributed by atoms with E-state index in [9.17, 15) is 9.65 Å². The van der Waals surface area contributed by atoms with E-state index in [-0.39, 0.29) is 0 Å². The number of ether oxygens (including phenoxy) is 1. The van der Waals surface area contributed by atoms with Crippen LogP contribution in [-0.4, -0.2) is 24.2 Å². The molecule has 2 heterocycles. The monoisotopic (exact) mass is 401 g/mol. The smallest absolute Gasteiger partial charge is 0.131 e. The Morgan fingerprint density at radius 1 is 1.26 bits per heavy atom. The molecule has 3 aromatic rings. The predicted molar refractivity (Wildman–Crippen MR) is 109 cm³/mol. The van der Waals surface area contributed by atoms with E-state index < -0.39 is 13.9 Å². The summed E-state index contributed by atoms with van der Waals surface area (Å²) in [7, 11) is -1.20. The molecule has 0 aliphatic carbocycles. The van der Waals surface area contributed by atoms with Crippen molar-refractivity contribution in [3.63, 3.8) is 0 Å². The van der Waals surface area contributed by atoms with Crippen LogP contribution in [0.1, 0.15) is 5.56 Å². The third-order valence-corrected chi connectivity index (χ3v) is 6.26. The van der Waals surface area contributed by atoms with Gasteiger partial charge in [-0.3, -0.25) is 0 Å². The van der Waals surface area contributed by atoms with Gasteiger partial charge in [-0.25, -0.2) is 9.37 Å². The molecule has 4 nitrogen and oxygen atoms in total. The molecule has 0 atom stereocenters. The highest BCUT2D eigenvalue weighted by Gasteiger charge is 2.17. The maximum Gasteiger partial charge on any atom is 0.131 e. The van der Waals surface area contributed by atoms with Crippen LogP contribution in [-0.2, 0) is 11.5 Å². The van der Waals surface area contributed by atoms with Gasteiger partial charge in [-0.1, -0.05) is 31.2 Å². The van der Waals surface area contributed by atoms with Crippen LogP contribution >= 0.6 is 11.6 Å². The largest absolute Gasteiger partial charge is 0.361 e. The van der Waals surface area contributed by atoms with Crippen molar-refractivity contribution in [2.75, 3.05) is 6.61 Å². The zero-order chi connectivity index (χ0) is 19.6. The van der Waals surface area contributed by atoms with Gasteiger partial charge in [0.2, 0.25) is 0 Å². The zero-order valence-electron chi connectivity index (χ0n) is 15.6. The number of hydrogen-bond acceptors (Lipinski definition) is 3. The number of aromatic nitrogens is 2. The van der Waals surface area contributed by atoms with Crippen molar-refractivity contribution in [3.8, 4) is 17.3 Å². The van der Waals surface area contributed by atoms with Gasteiger partial charge in [-0.2, -0.15) is 5.26 Å². The van der Waals surface area contributed by atoms with Gasteiger partial charge in [-0.15, -0.1) is 0 Å². The number of halogens is 2. The molecule has 3 rings (SSSR count). The van der Waals surface area contributed by atoms with Gasteiger partial charge < -0.3 is 9.30 Å². The first-order valence-electron chi connectivity index (χ1n) is 8.71. The second-order valence-corrected chi connectivity index (χ2v) is 13.7. The summed E-state index contributed by atoms with van der Waals surface area (Å²) in [4.78, 5) is 4.12. The number of pyridine rings is 1. The summed E-state index contributed by atoms with van der Waals surface area (Å²) in [5, 5.41) is 10.7. The Kier molecular flexibility index (Phi) is 5.66. The van der Waals surface area contributed by atoms with E-state index in [0.717, 1.165) is 16.9 Å². The van der Waals surface area contributed by atoms with E-state index in [1.807, 2.05) is 10.6 Å². The number of benzene rings is 1. The first-order chi connectivity index (χ1) is 12.8. The first kappa shape index (κ1) is 19.6. The van der Waals surface area contributed by atoms with Crippen molar-refractivity contribution in [3.05, 3.63) is 53.1 Å². The van der Waals surface area contributed by atoms with Crippen LogP contribution < -0.4 is 0 Å². The summed E-state index contributed by atoms with van der Waals surface area (Å²) in [6, 6.07) is 11.0. The van der Waals surface area contributed by atoms with Crippen molar-refractivity contribution < 1.29 is 9.13 Å². The summed E-state index contributed by atoms with van der Waals surface area (Å²) in [5.41, 5.74) is 2.48. The molecule has 0 amide bonds. The summed E-state index contributed by atoms with van der Waals surface area (Å²) in [6.45, 7) is 7.84. The normalized spacial score (nSPS) is 11.7. The Morgan fingerprint density at radius 3 is 2.74 bits per heavy atom. The Balaban J connectivity index is 2.05. The molecule has 27 heavy (non-hydrogen) atoms. The van der Waals surface area contributed by atoms with Crippen LogP contribution in [0.25, 0.3) is 22.2 Å². The second kappa shape index (κ2) is 7.81. The number of fused-ring (bicyclic) bond motifs is 1. The zero-order valence-corrected chi connectivity index (χ0v) is 17.3. The fourth-order valence-electron chi connectivity index (χ4n) is 2.85. The number of hydrogen-bond donors (Lipinski definition) is 0. The van der Waals surface area contributed by atoms with E-state index in [4.69, 9.17) is 16.3 Å². The summed E-state index contributed by atoms with van der Waals surface area (Å²) in [5.74, 6) is -0.392. The molecule has 0 bridgehead atoms. The molecule has 140 valence electrons. The summed E-state index contributed by atoms with van der Waals surface area (Å²) in [6.07, 6.45) is 1.67. The van der Waals surface area contributed by atoms with Gasteiger partial charge >= 0.3 is 0 Å². The van der Waals surface area contributed by atoms with Crippen LogP contribution in [0.4, 0.5) is 4.39 Å². The maximum absolute atomic E-state index is 13.9. The van der Waals surface area contributed by atoms with Crippen LogP contribution in [0.15, 0.2) is 36.5 Å². The minimum Gasteiger partial charge on any atom is -0.361 e. The van der Waals surface area contributed by atoms with E-state index >= 15 is 0 Å². The Hall–Kier alpha value is -2.20. The van der Waals surface area contributed by atoms with E-state index in [1.54, 1.807) is 12.3 Å². The molecule has 0 saturated heterocycles. The van der Waals surface area contributed by atoms with Crippen LogP contribution in [0.3, 0.4) is 0 Å². The quantitative estimate of drug-likeness (QED) is 0.303. The lowest BCUT2D eigenvalue weighted by Gasteiger charge is -2.17. The topological polar surface area (TPSA) is 50.8 Å². The standard InChI is InChI=1S/C20H21ClFN3OSi/c1-27(2,3)7-6-26-13-25-18-10-20(21)24-12-15(18)8-19(25)17-9-16(22)5-4-14(17)11-23/h4-5,8-10,12H,6-7,13H2,1-3H3. The molecule has 0 spiro atoms. The Bertz CT molecular complexity index is 1020. The summed E-state index contributed by atoms with van der Waals surface area (Å²) < 4.78 is 21.7. The second-order valence-electron chi connectivity index (χ2n) is 7.67. The first-order valence-corrected chi connectivity index (χ1v) is 12.8. The molecule has 0 saturated carbocycles. The maximum atomic E-state index is 13.9. The minimum atomic E-state index is -1.20. The highest BCUT2D eigenvalue weighted by molar-refractivity contribution is 6.76.